The smallest absolute Gasteiger partial charge is 0.252 e. The van der Waals surface area contributed by atoms with Crippen LogP contribution in [0, 0.1) is 0 Å². The van der Waals surface area contributed by atoms with Gasteiger partial charge in [-0.05, 0) is 31.5 Å². The van der Waals surface area contributed by atoms with Crippen LogP contribution in [0.4, 0.5) is 4.39 Å². The summed E-state index contributed by atoms with van der Waals surface area (Å²) in [6.07, 6.45) is 0. The van der Waals surface area contributed by atoms with Gasteiger partial charge < -0.3 is 10.3 Å². The van der Waals surface area contributed by atoms with E-state index < -0.39 is 12.2 Å². The Labute approximate surface area is 98.4 Å². The molecular formula is C13H13FN2O. The van der Waals surface area contributed by atoms with E-state index in [9.17, 15) is 9.18 Å². The average molecular weight is 232 g/mol. The van der Waals surface area contributed by atoms with E-state index in [4.69, 9.17) is 0 Å². The van der Waals surface area contributed by atoms with Crippen LogP contribution in [0.1, 0.15) is 24.2 Å². The van der Waals surface area contributed by atoms with E-state index in [1.807, 2.05) is 12.1 Å². The van der Waals surface area contributed by atoms with Gasteiger partial charge in [0.1, 0.15) is 6.67 Å². The van der Waals surface area contributed by atoms with E-state index in [-0.39, 0.29) is 5.91 Å². The normalized spacial score (nSPS) is 12.9. The molecule has 88 valence electrons. The lowest BCUT2D eigenvalue weighted by atomic mass is 10.1. The molecule has 0 aromatic carbocycles. The highest BCUT2D eigenvalue weighted by atomic mass is 19.1. The van der Waals surface area contributed by atoms with Crippen molar-refractivity contribution in [3.8, 4) is 22.5 Å². The molecule has 4 heteroatoms. The summed E-state index contributed by atoms with van der Waals surface area (Å²) >= 11 is 0. The van der Waals surface area contributed by atoms with Crippen LogP contribution in [0.3, 0.4) is 0 Å². The van der Waals surface area contributed by atoms with E-state index in [1.165, 1.54) is 0 Å². The van der Waals surface area contributed by atoms with Gasteiger partial charge in [0.25, 0.3) is 5.91 Å². The third-order valence-corrected chi connectivity index (χ3v) is 3.05. The van der Waals surface area contributed by atoms with E-state index in [0.29, 0.717) is 5.56 Å². The number of H-pyrrole nitrogens is 1. The van der Waals surface area contributed by atoms with Gasteiger partial charge in [0.05, 0.1) is 16.9 Å². The Balaban J connectivity index is 1.89. The molecule has 0 fully saturated rings. The summed E-state index contributed by atoms with van der Waals surface area (Å²) in [5, 5.41) is 2.69. The highest BCUT2D eigenvalue weighted by Crippen LogP contribution is 2.45. The molecule has 0 atom stereocenters. The maximum absolute atomic E-state index is 12.7. The predicted molar refractivity (Wildman–Crippen MR) is 63.9 cm³/mol. The van der Waals surface area contributed by atoms with Crippen molar-refractivity contribution in [2.45, 2.75) is 19.4 Å². The monoisotopic (exact) mass is 232 g/mol. The standard InChI is InChI=1S/C13H13FN2O/c1-13(2,6-14)16-12(17)8-4-3-7-9(8)5-10-11(7)15-10/h3-5,15H,6H2,1-2H3,(H,16,17). The minimum atomic E-state index is -0.818. The van der Waals surface area contributed by atoms with Crippen LogP contribution in [0.25, 0.3) is 22.5 Å². The summed E-state index contributed by atoms with van der Waals surface area (Å²) in [5.41, 5.74) is 4.03. The zero-order chi connectivity index (χ0) is 12.2. The highest BCUT2D eigenvalue weighted by Gasteiger charge is 2.29. The number of rotatable bonds is 3. The average Bonchev–Trinajstić information content (AvgIpc) is 2.75. The van der Waals surface area contributed by atoms with Crippen molar-refractivity contribution >= 4 is 5.91 Å². The molecule has 1 amide bonds. The molecule has 17 heavy (non-hydrogen) atoms. The van der Waals surface area contributed by atoms with Crippen molar-refractivity contribution in [1.29, 1.82) is 0 Å². The molecule has 0 unspecified atom stereocenters. The second kappa shape index (κ2) is 3.09. The summed E-state index contributed by atoms with van der Waals surface area (Å²) in [6, 6.07) is 5.67. The van der Waals surface area contributed by atoms with Crippen LogP contribution in [-0.4, -0.2) is 23.1 Å². The largest absolute Gasteiger partial charge is 0.352 e. The van der Waals surface area contributed by atoms with Crippen LogP contribution in [0.15, 0.2) is 18.2 Å². The number of carbonyl (C=O) groups excluding carboxylic acids is 1. The number of hydrogen-bond donors (Lipinski definition) is 2. The Kier molecular flexibility index (Phi) is 1.88. The van der Waals surface area contributed by atoms with E-state index >= 15 is 0 Å². The summed E-state index contributed by atoms with van der Waals surface area (Å²) in [6.45, 7) is 2.75. The van der Waals surface area contributed by atoms with Crippen molar-refractivity contribution in [3.05, 3.63) is 23.8 Å². The first kappa shape index (κ1) is 10.3. The lowest BCUT2D eigenvalue weighted by Crippen LogP contribution is -2.45. The second-order valence-corrected chi connectivity index (χ2v) is 5.10. The van der Waals surface area contributed by atoms with Crippen molar-refractivity contribution in [2.75, 3.05) is 6.67 Å². The molecule has 2 aliphatic carbocycles. The van der Waals surface area contributed by atoms with Gasteiger partial charge in [-0.15, -0.1) is 0 Å². The third-order valence-electron chi connectivity index (χ3n) is 3.05. The SMILES string of the molecule is CC(C)(CF)NC(=O)c1ccc2c3[nH]c-3cc1-2. The van der Waals surface area contributed by atoms with Gasteiger partial charge in [0.15, 0.2) is 0 Å². The fourth-order valence-corrected chi connectivity index (χ4v) is 2.04. The van der Waals surface area contributed by atoms with Crippen LogP contribution >= 0.6 is 0 Å². The summed E-state index contributed by atoms with van der Waals surface area (Å²) in [4.78, 5) is 15.1. The number of amides is 1. The number of pyridine rings is 1. The van der Waals surface area contributed by atoms with Crippen molar-refractivity contribution in [2.24, 2.45) is 0 Å². The Morgan fingerprint density at radius 2 is 2.18 bits per heavy atom. The Bertz CT molecular complexity index is 585. The van der Waals surface area contributed by atoms with Crippen molar-refractivity contribution in [3.63, 3.8) is 0 Å². The summed E-state index contributed by atoms with van der Waals surface area (Å²) in [5.74, 6) is -0.215. The fraction of sp³-hybridized carbons (Fsp3) is 0.308. The Morgan fingerprint density at radius 1 is 1.41 bits per heavy atom. The minimum Gasteiger partial charge on any atom is -0.352 e. The molecule has 3 aliphatic rings. The van der Waals surface area contributed by atoms with Gasteiger partial charge in [-0.25, -0.2) is 4.39 Å². The fourth-order valence-electron chi connectivity index (χ4n) is 2.04. The van der Waals surface area contributed by atoms with Gasteiger partial charge in [-0.1, -0.05) is 6.07 Å². The lowest BCUT2D eigenvalue weighted by molar-refractivity contribution is 0.0900. The molecule has 0 saturated carbocycles. The first-order valence-electron chi connectivity index (χ1n) is 5.56. The molecular weight excluding hydrogens is 219 g/mol. The number of fused-ring (bicyclic) bond motifs is 3. The number of aromatic amines is 1. The predicted octanol–water partition coefficient (Wildman–Crippen LogP) is 2.58. The lowest BCUT2D eigenvalue weighted by Gasteiger charge is -2.22. The highest BCUT2D eigenvalue weighted by molar-refractivity contribution is 6.07. The molecule has 2 N–H and O–H groups in total. The zero-order valence-electron chi connectivity index (χ0n) is 9.73. The van der Waals surface area contributed by atoms with Gasteiger partial charge in [-0.2, -0.15) is 0 Å². The molecule has 0 radical (unpaired) electrons. The van der Waals surface area contributed by atoms with Crippen LogP contribution < -0.4 is 5.32 Å². The van der Waals surface area contributed by atoms with Gasteiger partial charge in [0, 0.05) is 11.1 Å². The second-order valence-electron chi connectivity index (χ2n) is 5.10. The van der Waals surface area contributed by atoms with E-state index in [0.717, 1.165) is 22.5 Å². The molecule has 3 rings (SSSR count). The van der Waals surface area contributed by atoms with Gasteiger partial charge in [-0.3, -0.25) is 4.79 Å². The molecule has 1 aliphatic heterocycles. The van der Waals surface area contributed by atoms with Crippen LogP contribution in [-0.2, 0) is 0 Å². The van der Waals surface area contributed by atoms with Gasteiger partial charge >= 0.3 is 0 Å². The molecule has 0 saturated heterocycles. The quantitative estimate of drug-likeness (QED) is 0.716. The van der Waals surface area contributed by atoms with E-state index in [2.05, 4.69) is 10.3 Å². The molecule has 1 heterocycles. The molecule has 0 spiro atoms. The number of alkyl halides is 1. The zero-order valence-corrected chi connectivity index (χ0v) is 9.73. The minimum absolute atomic E-state index is 0.215. The number of aromatic nitrogens is 1. The van der Waals surface area contributed by atoms with Crippen molar-refractivity contribution in [1.82, 2.24) is 10.3 Å². The van der Waals surface area contributed by atoms with Crippen LogP contribution in [0.5, 0.6) is 0 Å². The number of halogens is 1. The Morgan fingerprint density at radius 3 is 2.88 bits per heavy atom. The summed E-state index contributed by atoms with van der Waals surface area (Å²) in [7, 11) is 0. The Hall–Kier alpha value is -1.84. The number of hydrogen-bond acceptors (Lipinski definition) is 1. The van der Waals surface area contributed by atoms with Crippen LogP contribution in [0.2, 0.25) is 0 Å². The first-order chi connectivity index (χ1) is 8.02. The molecule has 0 bridgehead atoms. The topological polar surface area (TPSA) is 44.9 Å². The maximum atomic E-state index is 12.7. The van der Waals surface area contributed by atoms with Gasteiger partial charge in [0.2, 0.25) is 0 Å². The van der Waals surface area contributed by atoms with E-state index in [1.54, 1.807) is 19.9 Å². The molecule has 0 aromatic rings. The van der Waals surface area contributed by atoms with Crippen molar-refractivity contribution < 1.29 is 9.18 Å². The molecule has 3 nitrogen and oxygen atoms in total. The summed E-state index contributed by atoms with van der Waals surface area (Å²) < 4.78 is 12.7. The number of carbonyl (C=O) groups is 1. The maximum Gasteiger partial charge on any atom is 0.252 e. The first-order valence-corrected chi connectivity index (χ1v) is 5.56. The molecule has 0 aromatic heterocycles. The third kappa shape index (κ3) is 1.52. The number of nitrogens with one attached hydrogen (secondary N) is 2.